The largest absolute Gasteiger partial charge is 0.496 e. The maximum atomic E-state index is 12.2. The predicted octanol–water partition coefficient (Wildman–Crippen LogP) is 3.52. The minimum absolute atomic E-state index is 0.377. The van der Waals surface area contributed by atoms with Gasteiger partial charge in [0.2, 0.25) is 0 Å². The topological polar surface area (TPSA) is 69.2 Å². The second-order valence-corrected chi connectivity index (χ2v) is 5.27. The smallest absolute Gasteiger partial charge is 0.275 e. The van der Waals surface area contributed by atoms with E-state index in [4.69, 9.17) is 25.8 Å². The quantitative estimate of drug-likeness (QED) is 0.604. The molecule has 0 aliphatic heterocycles. The third-order valence-corrected chi connectivity index (χ3v) is 3.55. The van der Waals surface area contributed by atoms with E-state index in [2.05, 4.69) is 10.5 Å². The molecule has 25 heavy (non-hydrogen) atoms. The third kappa shape index (κ3) is 4.64. The molecule has 7 heteroatoms. The Hall–Kier alpha value is -2.73. The number of hydrazone groups is 1. The van der Waals surface area contributed by atoms with Crippen molar-refractivity contribution in [2.24, 2.45) is 5.10 Å². The molecule has 0 radical (unpaired) electrons. The zero-order chi connectivity index (χ0) is 18.2. The maximum absolute atomic E-state index is 12.2. The Bertz CT molecular complexity index is 778. The van der Waals surface area contributed by atoms with Crippen LogP contribution in [-0.4, -0.2) is 32.9 Å². The Morgan fingerprint density at radius 1 is 1.20 bits per heavy atom. The van der Waals surface area contributed by atoms with E-state index in [1.807, 2.05) is 6.92 Å². The first kappa shape index (κ1) is 18.6. The van der Waals surface area contributed by atoms with Gasteiger partial charge >= 0.3 is 0 Å². The van der Waals surface area contributed by atoms with E-state index in [0.29, 0.717) is 40.0 Å². The fourth-order valence-electron chi connectivity index (χ4n) is 2.18. The van der Waals surface area contributed by atoms with Gasteiger partial charge in [0.25, 0.3) is 5.91 Å². The van der Waals surface area contributed by atoms with Crippen molar-refractivity contribution in [3.63, 3.8) is 0 Å². The normalized spacial score (nSPS) is 10.6. The maximum Gasteiger partial charge on any atom is 0.275 e. The van der Waals surface area contributed by atoms with E-state index in [9.17, 15) is 4.79 Å². The van der Waals surface area contributed by atoms with Crippen LogP contribution in [-0.2, 0) is 0 Å². The van der Waals surface area contributed by atoms with Crippen LogP contribution >= 0.6 is 11.6 Å². The van der Waals surface area contributed by atoms with Gasteiger partial charge < -0.3 is 14.2 Å². The van der Waals surface area contributed by atoms with Gasteiger partial charge in [0.05, 0.1) is 37.6 Å². The fourth-order valence-corrected chi connectivity index (χ4v) is 2.48. The van der Waals surface area contributed by atoms with Gasteiger partial charge in [0, 0.05) is 0 Å². The first-order valence-corrected chi connectivity index (χ1v) is 7.95. The van der Waals surface area contributed by atoms with E-state index < -0.39 is 0 Å². The Balaban J connectivity index is 2.15. The van der Waals surface area contributed by atoms with Crippen molar-refractivity contribution in [3.8, 4) is 17.2 Å². The molecule has 6 nitrogen and oxygen atoms in total. The molecule has 0 saturated carbocycles. The highest BCUT2D eigenvalue weighted by Gasteiger charge is 2.12. The molecule has 0 aromatic heterocycles. The van der Waals surface area contributed by atoms with Crippen LogP contribution in [0.15, 0.2) is 41.5 Å². The molecule has 0 unspecified atom stereocenters. The number of amides is 1. The molecule has 1 N–H and O–H groups in total. The van der Waals surface area contributed by atoms with Crippen molar-refractivity contribution in [1.29, 1.82) is 0 Å². The zero-order valence-corrected chi connectivity index (χ0v) is 15.0. The molecule has 132 valence electrons. The number of hydrogen-bond donors (Lipinski definition) is 1. The first-order valence-electron chi connectivity index (χ1n) is 7.57. The number of carbonyl (C=O) groups is 1. The van der Waals surface area contributed by atoms with Crippen LogP contribution in [0.3, 0.4) is 0 Å². The van der Waals surface area contributed by atoms with E-state index in [0.717, 1.165) is 0 Å². The molecule has 0 atom stereocenters. The lowest BCUT2D eigenvalue weighted by Gasteiger charge is -2.11. The molecule has 0 saturated heterocycles. The molecule has 0 heterocycles. The summed E-state index contributed by atoms with van der Waals surface area (Å²) in [4.78, 5) is 12.2. The number of halogens is 1. The number of ether oxygens (including phenoxy) is 3. The summed E-state index contributed by atoms with van der Waals surface area (Å²) < 4.78 is 15.9. The molecule has 0 fully saturated rings. The van der Waals surface area contributed by atoms with Crippen LogP contribution < -0.4 is 19.6 Å². The van der Waals surface area contributed by atoms with Crippen LogP contribution in [0.5, 0.6) is 17.2 Å². The van der Waals surface area contributed by atoms with Gasteiger partial charge in [-0.25, -0.2) is 5.43 Å². The molecule has 1 amide bonds. The Kier molecular flexibility index (Phi) is 6.65. The second-order valence-electron chi connectivity index (χ2n) is 4.87. The van der Waals surface area contributed by atoms with Crippen molar-refractivity contribution in [3.05, 3.63) is 52.5 Å². The highest BCUT2D eigenvalue weighted by molar-refractivity contribution is 6.32. The van der Waals surface area contributed by atoms with Gasteiger partial charge in [-0.1, -0.05) is 23.7 Å². The van der Waals surface area contributed by atoms with Crippen molar-refractivity contribution < 1.29 is 19.0 Å². The summed E-state index contributed by atoms with van der Waals surface area (Å²) in [6.07, 6.45) is 1.47. The minimum Gasteiger partial charge on any atom is -0.496 e. The summed E-state index contributed by atoms with van der Waals surface area (Å²) in [7, 11) is 3.02. The number of nitrogens with one attached hydrogen (secondary N) is 1. The average molecular weight is 363 g/mol. The van der Waals surface area contributed by atoms with Gasteiger partial charge in [-0.05, 0) is 36.8 Å². The van der Waals surface area contributed by atoms with Gasteiger partial charge in [-0.15, -0.1) is 0 Å². The average Bonchev–Trinajstić information content (AvgIpc) is 2.61. The van der Waals surface area contributed by atoms with Crippen LogP contribution in [0.2, 0.25) is 5.02 Å². The molecule has 0 aliphatic rings. The molecule has 0 aliphatic carbocycles. The Morgan fingerprint density at radius 3 is 2.64 bits per heavy atom. The number of methoxy groups -OCH3 is 2. The molecular weight excluding hydrogens is 344 g/mol. The van der Waals surface area contributed by atoms with Crippen molar-refractivity contribution >= 4 is 23.7 Å². The molecular formula is C18H19ClN2O4. The number of hydrogen-bond acceptors (Lipinski definition) is 5. The van der Waals surface area contributed by atoms with E-state index in [-0.39, 0.29) is 5.91 Å². The molecule has 0 bridgehead atoms. The van der Waals surface area contributed by atoms with Gasteiger partial charge in [0.1, 0.15) is 5.75 Å². The standard InChI is InChI=1S/C18H19ClN2O4/c1-4-25-16-10-12(9-14(19)17(16)24-3)11-20-21-18(22)13-7-5-6-8-15(13)23-2/h5-11H,4H2,1-3H3,(H,21,22)/b20-11+. The van der Waals surface area contributed by atoms with E-state index in [1.54, 1.807) is 36.4 Å². The molecule has 2 aromatic rings. The van der Waals surface area contributed by atoms with Crippen LogP contribution in [0.4, 0.5) is 0 Å². The first-order chi connectivity index (χ1) is 12.1. The summed E-state index contributed by atoms with van der Waals surface area (Å²) in [5.74, 6) is 1.06. The minimum atomic E-state index is -0.377. The number of carbonyl (C=O) groups excluding carboxylic acids is 1. The van der Waals surface area contributed by atoms with Gasteiger partial charge in [-0.2, -0.15) is 5.10 Å². The summed E-state index contributed by atoms with van der Waals surface area (Å²) >= 11 is 6.18. The van der Waals surface area contributed by atoms with Crippen LogP contribution in [0.1, 0.15) is 22.8 Å². The van der Waals surface area contributed by atoms with Crippen molar-refractivity contribution in [2.75, 3.05) is 20.8 Å². The fraction of sp³-hybridized carbons (Fsp3) is 0.222. The van der Waals surface area contributed by atoms with E-state index in [1.165, 1.54) is 20.4 Å². The molecule has 0 spiro atoms. The summed E-state index contributed by atoms with van der Waals surface area (Å²) in [5.41, 5.74) is 3.51. The lowest BCUT2D eigenvalue weighted by atomic mass is 10.2. The molecule has 2 aromatic carbocycles. The number of para-hydroxylation sites is 1. The van der Waals surface area contributed by atoms with Crippen LogP contribution in [0, 0.1) is 0 Å². The predicted molar refractivity (Wildman–Crippen MR) is 97.2 cm³/mol. The lowest BCUT2D eigenvalue weighted by molar-refractivity contribution is 0.0952. The van der Waals surface area contributed by atoms with E-state index >= 15 is 0 Å². The van der Waals surface area contributed by atoms with Crippen LogP contribution in [0.25, 0.3) is 0 Å². The Morgan fingerprint density at radius 2 is 1.96 bits per heavy atom. The number of rotatable bonds is 7. The summed E-state index contributed by atoms with van der Waals surface area (Å²) in [6, 6.07) is 10.3. The van der Waals surface area contributed by atoms with Gasteiger partial charge in [0.15, 0.2) is 11.5 Å². The third-order valence-electron chi connectivity index (χ3n) is 3.27. The van der Waals surface area contributed by atoms with Crippen molar-refractivity contribution in [2.45, 2.75) is 6.92 Å². The second kappa shape index (κ2) is 8.94. The number of benzene rings is 2. The SMILES string of the molecule is CCOc1cc(/C=N/NC(=O)c2ccccc2OC)cc(Cl)c1OC. The molecule has 2 rings (SSSR count). The highest BCUT2D eigenvalue weighted by atomic mass is 35.5. The van der Waals surface area contributed by atoms with Crippen molar-refractivity contribution in [1.82, 2.24) is 5.43 Å². The highest BCUT2D eigenvalue weighted by Crippen LogP contribution is 2.35. The zero-order valence-electron chi connectivity index (χ0n) is 14.2. The van der Waals surface area contributed by atoms with Gasteiger partial charge in [-0.3, -0.25) is 4.79 Å². The summed E-state index contributed by atoms with van der Waals surface area (Å²) in [5, 5.41) is 4.35. The monoisotopic (exact) mass is 362 g/mol. The number of nitrogens with zero attached hydrogens (tertiary/aromatic N) is 1. The Labute approximate surface area is 151 Å². The summed E-state index contributed by atoms with van der Waals surface area (Å²) in [6.45, 7) is 2.33. The lowest BCUT2D eigenvalue weighted by Crippen LogP contribution is -2.18.